The van der Waals surface area contributed by atoms with Crippen LogP contribution >= 0.6 is 0 Å². The van der Waals surface area contributed by atoms with Crippen molar-refractivity contribution in [1.29, 1.82) is 0 Å². The molecular formula is C18H13F6N5O3. The van der Waals surface area contributed by atoms with Crippen molar-refractivity contribution in [3.8, 4) is 34.3 Å². The maximum absolute atomic E-state index is 13.8. The number of ether oxygens (including phenoxy) is 3. The Hall–Kier alpha value is -3.71. The van der Waals surface area contributed by atoms with Crippen molar-refractivity contribution in [2.75, 3.05) is 19.1 Å². The van der Waals surface area contributed by atoms with Gasteiger partial charge in [0.15, 0.2) is 17.2 Å². The van der Waals surface area contributed by atoms with Crippen molar-refractivity contribution in [2.24, 2.45) is 0 Å². The number of rotatable bonds is 4. The second-order valence-electron chi connectivity index (χ2n) is 6.39. The molecule has 3 aromatic rings. The van der Waals surface area contributed by atoms with E-state index in [4.69, 9.17) is 19.9 Å². The molecule has 14 heteroatoms. The molecule has 0 unspecified atom stereocenters. The maximum atomic E-state index is 13.8. The summed E-state index contributed by atoms with van der Waals surface area (Å²) in [5.41, 5.74) is 1.83. The van der Waals surface area contributed by atoms with Crippen LogP contribution < -0.4 is 19.9 Å². The van der Waals surface area contributed by atoms with Crippen LogP contribution in [0.1, 0.15) is 18.2 Å². The van der Waals surface area contributed by atoms with Gasteiger partial charge in [0.2, 0.25) is 12.6 Å². The summed E-state index contributed by atoms with van der Waals surface area (Å²) in [7, 11) is 0. The Bertz CT molecular complexity index is 1180. The molecule has 1 aliphatic heterocycles. The van der Waals surface area contributed by atoms with Crippen LogP contribution in [-0.4, -0.2) is 33.1 Å². The van der Waals surface area contributed by atoms with E-state index in [9.17, 15) is 26.3 Å². The molecule has 32 heavy (non-hydrogen) atoms. The Morgan fingerprint density at radius 1 is 1.06 bits per heavy atom. The third-order valence-electron chi connectivity index (χ3n) is 4.38. The van der Waals surface area contributed by atoms with Gasteiger partial charge in [-0.2, -0.15) is 36.1 Å². The van der Waals surface area contributed by atoms with Gasteiger partial charge in [0.05, 0.1) is 12.2 Å². The van der Waals surface area contributed by atoms with Crippen LogP contribution in [0.5, 0.6) is 17.4 Å². The maximum Gasteiger partial charge on any atom is 0.435 e. The number of alkyl halides is 6. The molecule has 3 heterocycles. The number of hydrogen-bond acceptors (Lipinski definition) is 7. The highest BCUT2D eigenvalue weighted by Gasteiger charge is 2.43. The number of halogens is 6. The van der Waals surface area contributed by atoms with Gasteiger partial charge < -0.3 is 19.9 Å². The van der Waals surface area contributed by atoms with E-state index in [1.54, 1.807) is 6.92 Å². The predicted octanol–water partition coefficient (Wildman–Crippen LogP) is 4.08. The van der Waals surface area contributed by atoms with Crippen LogP contribution in [-0.2, 0) is 12.4 Å². The van der Waals surface area contributed by atoms with Crippen molar-refractivity contribution in [1.82, 2.24) is 19.7 Å². The van der Waals surface area contributed by atoms with Crippen LogP contribution in [0.15, 0.2) is 24.5 Å². The lowest BCUT2D eigenvalue weighted by atomic mass is 10.0. The van der Waals surface area contributed by atoms with Crippen molar-refractivity contribution in [3.05, 3.63) is 35.8 Å². The lowest BCUT2D eigenvalue weighted by Gasteiger charge is -2.13. The minimum atomic E-state index is -5.06. The topological polar surface area (TPSA) is 97.3 Å². The molecule has 0 fully saturated rings. The molecule has 0 atom stereocenters. The molecule has 0 aliphatic carbocycles. The third kappa shape index (κ3) is 3.61. The molecule has 4 rings (SSSR count). The van der Waals surface area contributed by atoms with E-state index in [0.717, 1.165) is 6.07 Å². The average Bonchev–Trinajstić information content (AvgIpc) is 3.31. The third-order valence-corrected chi connectivity index (χ3v) is 4.38. The average molecular weight is 461 g/mol. The number of nitrogens with zero attached hydrogens (tertiary/aromatic N) is 4. The largest absolute Gasteiger partial charge is 0.475 e. The predicted molar refractivity (Wildman–Crippen MR) is 96.3 cm³/mol. The van der Waals surface area contributed by atoms with Crippen LogP contribution in [0.4, 0.5) is 32.2 Å². The molecule has 1 aromatic carbocycles. The van der Waals surface area contributed by atoms with Crippen molar-refractivity contribution < 1.29 is 40.6 Å². The molecule has 0 spiro atoms. The van der Waals surface area contributed by atoms with E-state index in [1.165, 1.54) is 12.4 Å². The summed E-state index contributed by atoms with van der Waals surface area (Å²) in [6.07, 6.45) is -7.57. The van der Waals surface area contributed by atoms with Crippen LogP contribution in [0.3, 0.4) is 0 Å². The van der Waals surface area contributed by atoms with Gasteiger partial charge in [-0.1, -0.05) is 0 Å². The summed E-state index contributed by atoms with van der Waals surface area (Å²) in [5.74, 6) is -2.03. The van der Waals surface area contributed by atoms with E-state index in [1.807, 2.05) is 0 Å². The number of nitrogen functional groups attached to an aromatic ring is 1. The van der Waals surface area contributed by atoms with Gasteiger partial charge >= 0.3 is 12.4 Å². The van der Waals surface area contributed by atoms with Gasteiger partial charge in [0.25, 0.3) is 5.88 Å². The molecule has 1 aliphatic rings. The fraction of sp³-hybridized carbons (Fsp3) is 0.278. The van der Waals surface area contributed by atoms with Crippen molar-refractivity contribution in [2.45, 2.75) is 19.3 Å². The first kappa shape index (κ1) is 21.5. The van der Waals surface area contributed by atoms with E-state index in [2.05, 4.69) is 15.1 Å². The monoisotopic (exact) mass is 461 g/mol. The summed E-state index contributed by atoms with van der Waals surface area (Å²) in [6.45, 7) is 1.21. The minimum absolute atomic E-state index is 0.114. The first-order valence-corrected chi connectivity index (χ1v) is 8.93. The molecule has 2 aromatic heterocycles. The Kier molecular flexibility index (Phi) is 5.02. The molecular weight excluding hydrogens is 448 g/mol. The Labute approximate surface area is 175 Å². The zero-order valence-corrected chi connectivity index (χ0v) is 16.1. The Morgan fingerprint density at radius 2 is 1.78 bits per heavy atom. The second kappa shape index (κ2) is 7.46. The lowest BCUT2D eigenvalue weighted by molar-refractivity contribution is -0.140. The van der Waals surface area contributed by atoms with Crippen LogP contribution in [0.2, 0.25) is 0 Å². The van der Waals surface area contributed by atoms with Gasteiger partial charge in [0, 0.05) is 12.4 Å². The van der Waals surface area contributed by atoms with Gasteiger partial charge in [-0.05, 0) is 24.6 Å². The number of nitrogens with two attached hydrogens (primary N) is 1. The number of fused-ring (bicyclic) bond motifs is 1. The van der Waals surface area contributed by atoms with Crippen molar-refractivity contribution >= 4 is 5.82 Å². The van der Waals surface area contributed by atoms with Gasteiger partial charge in [-0.15, -0.1) is 0 Å². The molecule has 170 valence electrons. The van der Waals surface area contributed by atoms with Gasteiger partial charge in [-0.3, -0.25) is 0 Å². The molecule has 0 saturated heterocycles. The zero-order valence-electron chi connectivity index (χ0n) is 16.1. The van der Waals surface area contributed by atoms with Crippen LogP contribution in [0, 0.1) is 0 Å². The first-order chi connectivity index (χ1) is 15.0. The fourth-order valence-electron chi connectivity index (χ4n) is 3.14. The Morgan fingerprint density at radius 3 is 2.44 bits per heavy atom. The van der Waals surface area contributed by atoms with E-state index < -0.39 is 53.1 Å². The highest BCUT2D eigenvalue weighted by Crippen LogP contribution is 2.49. The number of hydrogen-bond donors (Lipinski definition) is 1. The highest BCUT2D eigenvalue weighted by atomic mass is 19.4. The standard InChI is InChI=1S/C18H13F6N5O3/c1-2-30-16-15(26-3-4-27-16)29-14(25)11(13(28-29)18(22,23)24)8-5-9(17(19,20)21)12-10(6-8)31-7-32-12/h3-6H,2,7,25H2,1H3. The zero-order chi connectivity index (χ0) is 23.3. The summed E-state index contributed by atoms with van der Waals surface area (Å²) in [6, 6.07) is 1.48. The highest BCUT2D eigenvalue weighted by molar-refractivity contribution is 5.81. The quantitative estimate of drug-likeness (QED) is 0.585. The Balaban J connectivity index is 1.99. The van der Waals surface area contributed by atoms with Gasteiger partial charge in [-0.25, -0.2) is 9.97 Å². The van der Waals surface area contributed by atoms with Crippen LogP contribution in [0.25, 0.3) is 16.9 Å². The SMILES string of the molecule is CCOc1nccnc1-n1nc(C(F)(F)F)c(-c2cc3c(c(C(F)(F)F)c2)OCO3)c1N. The summed E-state index contributed by atoms with van der Waals surface area (Å²) in [4.78, 5) is 7.80. The molecule has 0 radical (unpaired) electrons. The molecule has 2 N–H and O–H groups in total. The van der Waals surface area contributed by atoms with E-state index >= 15 is 0 Å². The van der Waals surface area contributed by atoms with Crippen molar-refractivity contribution in [3.63, 3.8) is 0 Å². The summed E-state index contributed by atoms with van der Waals surface area (Å²) >= 11 is 0. The van der Waals surface area contributed by atoms with Gasteiger partial charge in [0.1, 0.15) is 11.4 Å². The fourth-order valence-corrected chi connectivity index (χ4v) is 3.14. The summed E-state index contributed by atoms with van der Waals surface area (Å²) < 4.78 is 97.8. The molecule has 8 nitrogen and oxygen atoms in total. The second-order valence-corrected chi connectivity index (χ2v) is 6.39. The lowest BCUT2D eigenvalue weighted by Crippen LogP contribution is -2.11. The van der Waals surface area contributed by atoms with E-state index in [-0.39, 0.29) is 24.1 Å². The normalized spacial score (nSPS) is 13.5. The van der Waals surface area contributed by atoms with E-state index in [0.29, 0.717) is 10.7 Å². The molecule has 0 bridgehead atoms. The minimum Gasteiger partial charge on any atom is -0.475 e. The smallest absolute Gasteiger partial charge is 0.435 e. The first-order valence-electron chi connectivity index (χ1n) is 8.93. The summed E-state index contributed by atoms with van der Waals surface area (Å²) in [5, 5.41) is 3.49. The number of anilines is 1. The molecule has 0 amide bonds. The number of benzene rings is 1. The molecule has 0 saturated carbocycles. The number of aromatic nitrogens is 4.